The van der Waals surface area contributed by atoms with Crippen molar-refractivity contribution in [1.82, 2.24) is 9.97 Å². The fourth-order valence-corrected chi connectivity index (χ4v) is 2.52. The molecule has 0 bridgehead atoms. The van der Waals surface area contributed by atoms with Crippen molar-refractivity contribution in [2.24, 2.45) is 0 Å². The Morgan fingerprint density at radius 1 is 1.00 bits per heavy atom. The summed E-state index contributed by atoms with van der Waals surface area (Å²) in [7, 11) is 0. The molecule has 100 valence electrons. The molecule has 20 heavy (non-hydrogen) atoms. The van der Waals surface area contributed by atoms with Gasteiger partial charge in [0.15, 0.2) is 5.82 Å². The van der Waals surface area contributed by atoms with Gasteiger partial charge in [0.1, 0.15) is 5.82 Å². The molecule has 3 nitrogen and oxygen atoms in total. The summed E-state index contributed by atoms with van der Waals surface area (Å²) in [6, 6.07) is 11.6. The Bertz CT molecular complexity index is 812. The van der Waals surface area contributed by atoms with Gasteiger partial charge in [-0.1, -0.05) is 29.8 Å². The van der Waals surface area contributed by atoms with Crippen LogP contribution in [0.5, 0.6) is 0 Å². The minimum Gasteiger partial charge on any atom is -0.383 e. The van der Waals surface area contributed by atoms with E-state index in [2.05, 4.69) is 9.97 Å². The van der Waals surface area contributed by atoms with Gasteiger partial charge in [0, 0.05) is 16.0 Å². The standard InChI is InChI=1S/C16H14ClN3/c1-9-6-7-11(17)8-12(9)16-19-13-5-3-4-10(2)14(13)15(18)20-16/h3-8H,1-2H3,(H2,18,19,20). The summed E-state index contributed by atoms with van der Waals surface area (Å²) in [4.78, 5) is 9.06. The zero-order valence-corrected chi connectivity index (χ0v) is 12.1. The lowest BCUT2D eigenvalue weighted by molar-refractivity contribution is 1.22. The van der Waals surface area contributed by atoms with Crippen LogP contribution >= 0.6 is 11.6 Å². The van der Waals surface area contributed by atoms with Crippen LogP contribution in [0.4, 0.5) is 5.82 Å². The van der Waals surface area contributed by atoms with Gasteiger partial charge in [-0.2, -0.15) is 0 Å². The molecule has 0 amide bonds. The largest absolute Gasteiger partial charge is 0.383 e. The van der Waals surface area contributed by atoms with E-state index in [1.54, 1.807) is 0 Å². The molecule has 3 rings (SSSR count). The third-order valence-electron chi connectivity index (χ3n) is 3.40. The number of nitrogens with two attached hydrogens (primary N) is 1. The maximum Gasteiger partial charge on any atom is 0.162 e. The van der Waals surface area contributed by atoms with Crippen LogP contribution in [0.3, 0.4) is 0 Å². The second kappa shape index (κ2) is 4.76. The molecule has 0 atom stereocenters. The van der Waals surface area contributed by atoms with Gasteiger partial charge in [-0.25, -0.2) is 9.97 Å². The third-order valence-corrected chi connectivity index (χ3v) is 3.64. The van der Waals surface area contributed by atoms with E-state index in [4.69, 9.17) is 17.3 Å². The highest BCUT2D eigenvalue weighted by molar-refractivity contribution is 6.30. The fraction of sp³-hybridized carbons (Fsp3) is 0.125. The van der Waals surface area contributed by atoms with Gasteiger partial charge < -0.3 is 5.73 Å². The van der Waals surface area contributed by atoms with E-state index >= 15 is 0 Å². The maximum atomic E-state index is 6.10. The second-order valence-electron chi connectivity index (χ2n) is 4.86. The number of rotatable bonds is 1. The molecular formula is C16H14ClN3. The van der Waals surface area contributed by atoms with Gasteiger partial charge in [0.2, 0.25) is 0 Å². The average molecular weight is 284 g/mol. The molecule has 0 saturated heterocycles. The molecule has 0 aliphatic carbocycles. The van der Waals surface area contributed by atoms with Gasteiger partial charge in [-0.3, -0.25) is 0 Å². The molecule has 1 heterocycles. The van der Waals surface area contributed by atoms with E-state index in [-0.39, 0.29) is 0 Å². The first-order valence-electron chi connectivity index (χ1n) is 6.35. The zero-order valence-electron chi connectivity index (χ0n) is 11.3. The number of hydrogen-bond acceptors (Lipinski definition) is 3. The minimum absolute atomic E-state index is 0.502. The van der Waals surface area contributed by atoms with Gasteiger partial charge in [0.25, 0.3) is 0 Å². The van der Waals surface area contributed by atoms with E-state index in [1.165, 1.54) is 0 Å². The van der Waals surface area contributed by atoms with Crippen molar-refractivity contribution in [3.8, 4) is 11.4 Å². The summed E-state index contributed by atoms with van der Waals surface area (Å²) in [6.45, 7) is 4.01. The van der Waals surface area contributed by atoms with E-state index in [9.17, 15) is 0 Å². The van der Waals surface area contributed by atoms with E-state index in [0.29, 0.717) is 16.7 Å². The number of anilines is 1. The predicted octanol–water partition coefficient (Wildman–Crippen LogP) is 4.15. The van der Waals surface area contributed by atoms with Crippen LogP contribution in [0.25, 0.3) is 22.3 Å². The molecule has 0 fully saturated rings. The minimum atomic E-state index is 0.502. The Morgan fingerprint density at radius 2 is 1.80 bits per heavy atom. The first-order valence-corrected chi connectivity index (χ1v) is 6.73. The summed E-state index contributed by atoms with van der Waals surface area (Å²) in [5, 5.41) is 1.58. The highest BCUT2D eigenvalue weighted by atomic mass is 35.5. The van der Waals surface area contributed by atoms with Crippen LogP contribution < -0.4 is 5.73 Å². The normalized spacial score (nSPS) is 10.9. The summed E-state index contributed by atoms with van der Waals surface area (Å²) in [5.74, 6) is 1.11. The Labute approximate surface area is 122 Å². The SMILES string of the molecule is Cc1ccc(Cl)cc1-c1nc(N)c2c(C)cccc2n1. The monoisotopic (exact) mass is 283 g/mol. The lowest BCUT2D eigenvalue weighted by Gasteiger charge is -2.09. The number of halogens is 1. The summed E-state index contributed by atoms with van der Waals surface area (Å²) >= 11 is 6.06. The van der Waals surface area contributed by atoms with Crippen molar-refractivity contribution >= 4 is 28.3 Å². The molecule has 0 radical (unpaired) electrons. The Kier molecular flexibility index (Phi) is 3.07. The molecule has 4 heteroatoms. The molecular weight excluding hydrogens is 270 g/mol. The molecule has 0 saturated carbocycles. The first kappa shape index (κ1) is 12.9. The summed E-state index contributed by atoms with van der Waals surface area (Å²) in [5.41, 5.74) is 10.0. The van der Waals surface area contributed by atoms with Crippen LogP contribution in [-0.2, 0) is 0 Å². The van der Waals surface area contributed by atoms with Crippen LogP contribution in [-0.4, -0.2) is 9.97 Å². The van der Waals surface area contributed by atoms with Gasteiger partial charge in [-0.15, -0.1) is 0 Å². The number of fused-ring (bicyclic) bond motifs is 1. The molecule has 0 aliphatic rings. The third kappa shape index (κ3) is 2.10. The van der Waals surface area contributed by atoms with Gasteiger partial charge >= 0.3 is 0 Å². The maximum absolute atomic E-state index is 6.10. The lowest BCUT2D eigenvalue weighted by Crippen LogP contribution is -2.00. The second-order valence-corrected chi connectivity index (χ2v) is 5.30. The molecule has 0 spiro atoms. The summed E-state index contributed by atoms with van der Waals surface area (Å²) in [6.07, 6.45) is 0. The van der Waals surface area contributed by atoms with Crippen molar-refractivity contribution < 1.29 is 0 Å². The van der Waals surface area contributed by atoms with Gasteiger partial charge in [-0.05, 0) is 43.2 Å². The molecule has 2 N–H and O–H groups in total. The highest BCUT2D eigenvalue weighted by Crippen LogP contribution is 2.28. The Hall–Kier alpha value is -2.13. The van der Waals surface area contributed by atoms with E-state index in [0.717, 1.165) is 27.6 Å². The van der Waals surface area contributed by atoms with Crippen LogP contribution in [0.15, 0.2) is 36.4 Å². The van der Waals surface area contributed by atoms with Gasteiger partial charge in [0.05, 0.1) is 5.52 Å². The molecule has 0 aliphatic heterocycles. The Morgan fingerprint density at radius 3 is 2.60 bits per heavy atom. The van der Waals surface area contributed by atoms with Crippen molar-refractivity contribution in [3.05, 3.63) is 52.5 Å². The average Bonchev–Trinajstić information content (AvgIpc) is 2.41. The smallest absolute Gasteiger partial charge is 0.162 e. The van der Waals surface area contributed by atoms with E-state index < -0.39 is 0 Å². The van der Waals surface area contributed by atoms with Crippen LogP contribution in [0, 0.1) is 13.8 Å². The predicted molar refractivity (Wildman–Crippen MR) is 83.9 cm³/mol. The van der Waals surface area contributed by atoms with Crippen LogP contribution in [0.2, 0.25) is 5.02 Å². The fourth-order valence-electron chi connectivity index (χ4n) is 2.34. The molecule has 1 aromatic heterocycles. The van der Waals surface area contributed by atoms with Crippen molar-refractivity contribution in [2.75, 3.05) is 5.73 Å². The molecule has 2 aromatic carbocycles. The number of benzene rings is 2. The number of aryl methyl sites for hydroxylation is 2. The Balaban J connectivity index is 2.30. The molecule has 0 unspecified atom stereocenters. The number of nitrogens with zero attached hydrogens (tertiary/aromatic N) is 2. The number of hydrogen-bond donors (Lipinski definition) is 1. The highest BCUT2D eigenvalue weighted by Gasteiger charge is 2.11. The number of nitrogen functional groups attached to an aromatic ring is 1. The van der Waals surface area contributed by atoms with Crippen molar-refractivity contribution in [2.45, 2.75) is 13.8 Å². The van der Waals surface area contributed by atoms with Crippen LogP contribution in [0.1, 0.15) is 11.1 Å². The van der Waals surface area contributed by atoms with Crippen molar-refractivity contribution in [3.63, 3.8) is 0 Å². The number of aromatic nitrogens is 2. The quantitative estimate of drug-likeness (QED) is 0.730. The summed E-state index contributed by atoms with van der Waals surface area (Å²) < 4.78 is 0. The van der Waals surface area contributed by atoms with Crippen molar-refractivity contribution in [1.29, 1.82) is 0 Å². The first-order chi connectivity index (χ1) is 9.56. The molecule has 3 aromatic rings. The van der Waals surface area contributed by atoms with E-state index in [1.807, 2.05) is 50.2 Å². The lowest BCUT2D eigenvalue weighted by atomic mass is 10.1. The zero-order chi connectivity index (χ0) is 14.3. The topological polar surface area (TPSA) is 51.8 Å².